The number of hydrogen-bond acceptors (Lipinski definition) is 4. The lowest BCUT2D eigenvalue weighted by Crippen LogP contribution is -2.17. The van der Waals surface area contributed by atoms with Crippen LogP contribution in [-0.2, 0) is 0 Å². The lowest BCUT2D eigenvalue weighted by atomic mass is 10.0. The molecule has 2 aromatic rings. The molecular formula is C17H15NO6. The Bertz CT molecular complexity index is 782. The monoisotopic (exact) mass is 329 g/mol. The molecule has 2 aromatic carbocycles. The van der Waals surface area contributed by atoms with Gasteiger partial charge in [0.15, 0.2) is 0 Å². The van der Waals surface area contributed by atoms with Crippen LogP contribution in [0.4, 0.5) is 5.69 Å². The van der Waals surface area contributed by atoms with Gasteiger partial charge in [-0.3, -0.25) is 4.79 Å². The molecular weight excluding hydrogens is 314 g/mol. The van der Waals surface area contributed by atoms with Crippen LogP contribution in [0.2, 0.25) is 0 Å². The van der Waals surface area contributed by atoms with Gasteiger partial charge in [0, 0.05) is 5.69 Å². The van der Waals surface area contributed by atoms with E-state index in [0.717, 1.165) is 6.07 Å². The van der Waals surface area contributed by atoms with Gasteiger partial charge >= 0.3 is 11.9 Å². The van der Waals surface area contributed by atoms with Crippen LogP contribution in [0, 0.1) is 0 Å². The van der Waals surface area contributed by atoms with E-state index in [1.54, 1.807) is 24.3 Å². The maximum atomic E-state index is 12.3. The Balaban J connectivity index is 2.25. The molecule has 0 aliphatic rings. The van der Waals surface area contributed by atoms with E-state index in [1.165, 1.54) is 12.1 Å². The predicted molar refractivity (Wildman–Crippen MR) is 85.9 cm³/mol. The summed E-state index contributed by atoms with van der Waals surface area (Å²) in [6.45, 7) is 2.37. The first-order valence-corrected chi connectivity index (χ1v) is 7.07. The Morgan fingerprint density at radius 3 is 2.17 bits per heavy atom. The highest BCUT2D eigenvalue weighted by Crippen LogP contribution is 2.18. The van der Waals surface area contributed by atoms with Crippen LogP contribution >= 0.6 is 0 Å². The van der Waals surface area contributed by atoms with Crippen LogP contribution in [0.5, 0.6) is 5.75 Å². The molecule has 0 saturated heterocycles. The van der Waals surface area contributed by atoms with Crippen LogP contribution in [0.3, 0.4) is 0 Å². The van der Waals surface area contributed by atoms with E-state index in [4.69, 9.17) is 9.84 Å². The lowest BCUT2D eigenvalue weighted by molar-refractivity contribution is 0.0692. The smallest absolute Gasteiger partial charge is 0.336 e. The molecule has 0 aromatic heterocycles. The SMILES string of the molecule is CCOc1ccc(NC(=O)c2ccc(C(=O)O)cc2C(=O)O)cc1. The van der Waals surface area contributed by atoms with Crippen molar-refractivity contribution < 1.29 is 29.3 Å². The van der Waals surface area contributed by atoms with E-state index in [9.17, 15) is 19.5 Å². The number of amides is 1. The molecule has 7 heteroatoms. The van der Waals surface area contributed by atoms with Crippen LogP contribution in [0.15, 0.2) is 42.5 Å². The number of carboxylic acid groups (broad SMARTS) is 2. The summed E-state index contributed by atoms with van der Waals surface area (Å²) < 4.78 is 5.29. The number of carboxylic acids is 2. The molecule has 7 nitrogen and oxygen atoms in total. The second kappa shape index (κ2) is 7.28. The second-order valence-corrected chi connectivity index (χ2v) is 4.78. The van der Waals surface area contributed by atoms with Crippen molar-refractivity contribution in [1.29, 1.82) is 0 Å². The maximum Gasteiger partial charge on any atom is 0.336 e. The highest BCUT2D eigenvalue weighted by atomic mass is 16.5. The van der Waals surface area contributed by atoms with Gasteiger partial charge < -0.3 is 20.3 Å². The summed E-state index contributed by atoms with van der Waals surface area (Å²) in [5, 5.41) is 20.7. The summed E-state index contributed by atoms with van der Waals surface area (Å²) in [6.07, 6.45) is 0. The molecule has 0 atom stereocenters. The number of anilines is 1. The molecule has 0 spiro atoms. The summed E-state index contributed by atoms with van der Waals surface area (Å²) in [4.78, 5) is 34.5. The second-order valence-electron chi connectivity index (χ2n) is 4.78. The van der Waals surface area contributed by atoms with E-state index in [0.29, 0.717) is 18.0 Å². The van der Waals surface area contributed by atoms with Gasteiger partial charge in [-0.15, -0.1) is 0 Å². The van der Waals surface area contributed by atoms with Crippen molar-refractivity contribution in [3.63, 3.8) is 0 Å². The molecule has 0 aliphatic carbocycles. The van der Waals surface area contributed by atoms with Gasteiger partial charge in [-0.2, -0.15) is 0 Å². The molecule has 124 valence electrons. The molecule has 0 heterocycles. The van der Waals surface area contributed by atoms with Gasteiger partial charge in [0.1, 0.15) is 5.75 Å². The summed E-state index contributed by atoms with van der Waals surface area (Å²) >= 11 is 0. The number of rotatable bonds is 6. The third-order valence-corrected chi connectivity index (χ3v) is 3.16. The number of aromatic carboxylic acids is 2. The average molecular weight is 329 g/mol. The van der Waals surface area contributed by atoms with Crippen molar-refractivity contribution in [1.82, 2.24) is 0 Å². The summed E-state index contributed by atoms with van der Waals surface area (Å²) in [6, 6.07) is 9.90. The molecule has 0 radical (unpaired) electrons. The first kappa shape index (κ1) is 17.0. The Labute approximate surface area is 137 Å². The third kappa shape index (κ3) is 3.89. The van der Waals surface area contributed by atoms with Crippen molar-refractivity contribution in [2.45, 2.75) is 6.92 Å². The van der Waals surface area contributed by atoms with Gasteiger partial charge in [-0.25, -0.2) is 9.59 Å². The Kier molecular flexibility index (Phi) is 5.16. The van der Waals surface area contributed by atoms with Gasteiger partial charge in [0.25, 0.3) is 5.91 Å². The lowest BCUT2D eigenvalue weighted by Gasteiger charge is -2.09. The summed E-state index contributed by atoms with van der Waals surface area (Å²) in [5.41, 5.74) is -0.244. The Morgan fingerprint density at radius 1 is 0.958 bits per heavy atom. The number of hydrogen-bond donors (Lipinski definition) is 3. The fourth-order valence-electron chi connectivity index (χ4n) is 2.05. The van der Waals surface area contributed by atoms with Crippen LogP contribution in [-0.4, -0.2) is 34.7 Å². The molecule has 0 unspecified atom stereocenters. The number of carbonyl (C=O) groups excluding carboxylic acids is 1. The van der Waals surface area contributed by atoms with Crippen molar-refractivity contribution in [2.24, 2.45) is 0 Å². The third-order valence-electron chi connectivity index (χ3n) is 3.16. The van der Waals surface area contributed by atoms with Crippen molar-refractivity contribution in [3.8, 4) is 5.75 Å². The standard InChI is InChI=1S/C17H15NO6/c1-2-24-12-6-4-11(5-7-12)18-15(19)13-8-3-10(16(20)21)9-14(13)17(22)23/h3-9H,2H2,1H3,(H,18,19)(H,20,21)(H,22,23). The van der Waals surface area contributed by atoms with Crippen molar-refractivity contribution in [3.05, 3.63) is 59.2 Å². The Morgan fingerprint density at radius 2 is 1.62 bits per heavy atom. The van der Waals surface area contributed by atoms with Gasteiger partial charge in [-0.1, -0.05) is 0 Å². The number of carbonyl (C=O) groups is 3. The number of nitrogens with one attached hydrogen (secondary N) is 1. The Hall–Kier alpha value is -3.35. The molecule has 0 fully saturated rings. The minimum absolute atomic E-state index is 0.124. The fraction of sp³-hybridized carbons (Fsp3) is 0.118. The van der Waals surface area contributed by atoms with Crippen LogP contribution in [0.1, 0.15) is 38.0 Å². The zero-order valence-corrected chi connectivity index (χ0v) is 12.8. The first-order chi connectivity index (χ1) is 11.4. The molecule has 24 heavy (non-hydrogen) atoms. The van der Waals surface area contributed by atoms with Gasteiger partial charge in [0.05, 0.1) is 23.3 Å². The maximum absolute atomic E-state index is 12.3. The van der Waals surface area contributed by atoms with E-state index in [2.05, 4.69) is 5.32 Å². The molecule has 3 N–H and O–H groups in total. The fourth-order valence-corrected chi connectivity index (χ4v) is 2.05. The predicted octanol–water partition coefficient (Wildman–Crippen LogP) is 2.73. The molecule has 0 saturated carbocycles. The first-order valence-electron chi connectivity index (χ1n) is 7.07. The molecule has 0 aliphatic heterocycles. The van der Waals surface area contributed by atoms with Gasteiger partial charge in [0.2, 0.25) is 0 Å². The normalized spacial score (nSPS) is 10.0. The van der Waals surface area contributed by atoms with Crippen molar-refractivity contribution >= 4 is 23.5 Å². The number of ether oxygens (including phenoxy) is 1. The van der Waals surface area contributed by atoms with E-state index < -0.39 is 17.8 Å². The summed E-state index contributed by atoms with van der Waals surface area (Å²) in [5.74, 6) is -2.65. The van der Waals surface area contributed by atoms with Crippen LogP contribution in [0.25, 0.3) is 0 Å². The largest absolute Gasteiger partial charge is 0.494 e. The van der Waals surface area contributed by atoms with Crippen LogP contribution < -0.4 is 10.1 Å². The zero-order chi connectivity index (χ0) is 17.7. The van der Waals surface area contributed by atoms with Gasteiger partial charge in [-0.05, 0) is 49.4 Å². The van der Waals surface area contributed by atoms with E-state index in [1.807, 2.05) is 6.92 Å². The minimum Gasteiger partial charge on any atom is -0.494 e. The number of benzene rings is 2. The van der Waals surface area contributed by atoms with Crippen molar-refractivity contribution in [2.75, 3.05) is 11.9 Å². The quantitative estimate of drug-likeness (QED) is 0.751. The highest BCUT2D eigenvalue weighted by Gasteiger charge is 2.19. The highest BCUT2D eigenvalue weighted by molar-refractivity contribution is 6.11. The molecule has 2 rings (SSSR count). The topological polar surface area (TPSA) is 113 Å². The zero-order valence-electron chi connectivity index (χ0n) is 12.8. The van der Waals surface area contributed by atoms with E-state index >= 15 is 0 Å². The molecule has 0 bridgehead atoms. The van der Waals surface area contributed by atoms with E-state index in [-0.39, 0.29) is 16.7 Å². The average Bonchev–Trinajstić information content (AvgIpc) is 2.56. The minimum atomic E-state index is -1.38. The summed E-state index contributed by atoms with van der Waals surface area (Å²) in [7, 11) is 0. The molecule has 1 amide bonds.